The maximum absolute atomic E-state index is 11.8. The van der Waals surface area contributed by atoms with Crippen LogP contribution in [0.15, 0.2) is 35.3 Å². The standard InChI is InChI=1S/C16H17NO4/c1-2-21-15(19)6-4-13(18)10-11-3-5-14-12(9-11)7-8-17-16(14)20/h3,5,7-9H,2,4,6,10H2,1H3,(H,17,20). The third-order valence-corrected chi connectivity index (χ3v) is 3.15. The summed E-state index contributed by atoms with van der Waals surface area (Å²) in [4.78, 5) is 37.2. The Bertz CT molecular complexity index is 718. The molecule has 0 saturated heterocycles. The predicted octanol–water partition coefficient (Wildman–Crippen LogP) is 1.98. The maximum atomic E-state index is 11.8. The molecule has 0 unspecified atom stereocenters. The first-order valence-corrected chi connectivity index (χ1v) is 6.88. The van der Waals surface area contributed by atoms with Gasteiger partial charge in [0.15, 0.2) is 0 Å². The zero-order valence-electron chi connectivity index (χ0n) is 11.8. The van der Waals surface area contributed by atoms with E-state index in [1.165, 1.54) is 0 Å². The molecule has 110 valence electrons. The van der Waals surface area contributed by atoms with E-state index in [0.29, 0.717) is 12.0 Å². The van der Waals surface area contributed by atoms with Gasteiger partial charge < -0.3 is 9.72 Å². The van der Waals surface area contributed by atoms with Gasteiger partial charge in [-0.05, 0) is 30.0 Å². The molecule has 1 aromatic carbocycles. The molecular weight excluding hydrogens is 270 g/mol. The van der Waals surface area contributed by atoms with Crippen molar-refractivity contribution in [1.29, 1.82) is 0 Å². The molecule has 0 aliphatic carbocycles. The molecule has 5 heteroatoms. The van der Waals surface area contributed by atoms with Crippen molar-refractivity contribution in [3.05, 3.63) is 46.4 Å². The average Bonchev–Trinajstić information content (AvgIpc) is 2.46. The Kier molecular flexibility index (Phi) is 4.87. The number of esters is 1. The fourth-order valence-electron chi connectivity index (χ4n) is 2.14. The van der Waals surface area contributed by atoms with Crippen molar-refractivity contribution < 1.29 is 14.3 Å². The molecule has 0 saturated carbocycles. The lowest BCUT2D eigenvalue weighted by molar-refractivity contribution is -0.144. The minimum atomic E-state index is -0.351. The van der Waals surface area contributed by atoms with Gasteiger partial charge in [-0.15, -0.1) is 0 Å². The van der Waals surface area contributed by atoms with E-state index in [2.05, 4.69) is 4.98 Å². The molecule has 1 aromatic heterocycles. The number of rotatable bonds is 6. The first-order chi connectivity index (χ1) is 10.1. The first kappa shape index (κ1) is 15.0. The molecule has 21 heavy (non-hydrogen) atoms. The molecule has 1 N–H and O–H groups in total. The molecule has 2 rings (SSSR count). The molecule has 0 bridgehead atoms. The molecule has 0 aliphatic heterocycles. The Hall–Kier alpha value is -2.43. The smallest absolute Gasteiger partial charge is 0.306 e. The van der Waals surface area contributed by atoms with Gasteiger partial charge in [-0.3, -0.25) is 14.4 Å². The van der Waals surface area contributed by atoms with Crippen molar-refractivity contribution in [2.24, 2.45) is 0 Å². The minimum absolute atomic E-state index is 0.0211. The van der Waals surface area contributed by atoms with Crippen LogP contribution in [0.25, 0.3) is 10.8 Å². The Labute approximate surface area is 121 Å². The number of H-pyrrole nitrogens is 1. The summed E-state index contributed by atoms with van der Waals surface area (Å²) in [6.07, 6.45) is 2.12. The van der Waals surface area contributed by atoms with Gasteiger partial charge in [-0.1, -0.05) is 12.1 Å². The topological polar surface area (TPSA) is 76.2 Å². The van der Waals surface area contributed by atoms with Gasteiger partial charge in [-0.2, -0.15) is 0 Å². The third kappa shape index (κ3) is 4.02. The lowest BCUT2D eigenvalue weighted by Gasteiger charge is -2.04. The highest BCUT2D eigenvalue weighted by Gasteiger charge is 2.09. The summed E-state index contributed by atoms with van der Waals surface area (Å²) < 4.78 is 4.78. The summed E-state index contributed by atoms with van der Waals surface area (Å²) in [5.74, 6) is -0.372. The van der Waals surface area contributed by atoms with E-state index in [9.17, 15) is 14.4 Å². The molecule has 0 spiro atoms. The number of carbonyl (C=O) groups is 2. The van der Waals surface area contributed by atoms with Crippen molar-refractivity contribution in [1.82, 2.24) is 4.98 Å². The second-order valence-electron chi connectivity index (χ2n) is 4.75. The highest BCUT2D eigenvalue weighted by molar-refractivity contribution is 5.87. The normalized spacial score (nSPS) is 10.5. The van der Waals surface area contributed by atoms with E-state index < -0.39 is 0 Å². The highest BCUT2D eigenvalue weighted by atomic mass is 16.5. The number of aromatic amines is 1. The Morgan fingerprint density at radius 1 is 1.19 bits per heavy atom. The van der Waals surface area contributed by atoms with Gasteiger partial charge in [0.1, 0.15) is 5.78 Å². The lowest BCUT2D eigenvalue weighted by Crippen LogP contribution is -2.10. The number of carbonyl (C=O) groups excluding carboxylic acids is 2. The van der Waals surface area contributed by atoms with E-state index in [0.717, 1.165) is 10.9 Å². The quantitative estimate of drug-likeness (QED) is 0.824. The molecule has 0 fully saturated rings. The number of hydrogen-bond donors (Lipinski definition) is 1. The first-order valence-electron chi connectivity index (χ1n) is 6.88. The maximum Gasteiger partial charge on any atom is 0.306 e. The Morgan fingerprint density at radius 2 is 2.00 bits per heavy atom. The molecule has 0 radical (unpaired) electrons. The number of hydrogen-bond acceptors (Lipinski definition) is 4. The molecule has 1 heterocycles. The van der Waals surface area contributed by atoms with E-state index >= 15 is 0 Å². The number of Topliss-reactive ketones (excluding diaryl/α,β-unsaturated/α-hetero) is 1. The van der Waals surface area contributed by atoms with Crippen LogP contribution in [-0.4, -0.2) is 23.3 Å². The number of aromatic nitrogens is 1. The average molecular weight is 287 g/mol. The number of fused-ring (bicyclic) bond motifs is 1. The van der Waals surface area contributed by atoms with Crippen molar-refractivity contribution in [2.75, 3.05) is 6.61 Å². The van der Waals surface area contributed by atoms with Gasteiger partial charge in [0.25, 0.3) is 5.56 Å². The largest absolute Gasteiger partial charge is 0.466 e. The molecule has 0 amide bonds. The lowest BCUT2D eigenvalue weighted by atomic mass is 10.0. The van der Waals surface area contributed by atoms with Gasteiger partial charge in [-0.25, -0.2) is 0 Å². The van der Waals surface area contributed by atoms with Crippen LogP contribution in [0.3, 0.4) is 0 Å². The zero-order valence-corrected chi connectivity index (χ0v) is 11.8. The Balaban J connectivity index is 2.01. The van der Waals surface area contributed by atoms with E-state index in [4.69, 9.17) is 4.74 Å². The number of ether oxygens (including phenoxy) is 1. The summed E-state index contributed by atoms with van der Waals surface area (Å²) in [6.45, 7) is 2.06. The monoisotopic (exact) mass is 287 g/mol. The van der Waals surface area contributed by atoms with Crippen molar-refractivity contribution in [3.8, 4) is 0 Å². The van der Waals surface area contributed by atoms with E-state index in [1.54, 1.807) is 31.3 Å². The summed E-state index contributed by atoms with van der Waals surface area (Å²) in [7, 11) is 0. The van der Waals surface area contributed by atoms with Crippen LogP contribution in [0.2, 0.25) is 0 Å². The second kappa shape index (κ2) is 6.83. The number of ketones is 1. The van der Waals surface area contributed by atoms with Crippen molar-refractivity contribution in [3.63, 3.8) is 0 Å². The van der Waals surface area contributed by atoms with Crippen molar-refractivity contribution >= 4 is 22.5 Å². The second-order valence-corrected chi connectivity index (χ2v) is 4.75. The molecular formula is C16H17NO4. The van der Waals surface area contributed by atoms with Crippen LogP contribution >= 0.6 is 0 Å². The van der Waals surface area contributed by atoms with Crippen molar-refractivity contribution in [2.45, 2.75) is 26.2 Å². The van der Waals surface area contributed by atoms with Gasteiger partial charge in [0, 0.05) is 24.4 Å². The summed E-state index contributed by atoms with van der Waals surface area (Å²) in [6, 6.07) is 7.10. The Morgan fingerprint density at radius 3 is 2.76 bits per heavy atom. The summed E-state index contributed by atoms with van der Waals surface area (Å²) in [5.41, 5.74) is 0.689. The fourth-order valence-corrected chi connectivity index (χ4v) is 2.14. The van der Waals surface area contributed by atoms with Crippen LogP contribution in [0.4, 0.5) is 0 Å². The highest BCUT2D eigenvalue weighted by Crippen LogP contribution is 2.13. The summed E-state index contributed by atoms with van der Waals surface area (Å²) in [5, 5.41) is 1.40. The number of nitrogens with one attached hydrogen (secondary N) is 1. The van der Waals surface area contributed by atoms with Crippen LogP contribution in [-0.2, 0) is 20.7 Å². The van der Waals surface area contributed by atoms with E-state index in [-0.39, 0.29) is 36.6 Å². The van der Waals surface area contributed by atoms with Gasteiger partial charge >= 0.3 is 5.97 Å². The zero-order chi connectivity index (χ0) is 15.2. The van der Waals surface area contributed by atoms with Crippen LogP contribution in [0, 0.1) is 0 Å². The van der Waals surface area contributed by atoms with Crippen LogP contribution in [0.1, 0.15) is 25.3 Å². The van der Waals surface area contributed by atoms with Crippen LogP contribution in [0.5, 0.6) is 0 Å². The van der Waals surface area contributed by atoms with E-state index in [1.807, 2.05) is 6.07 Å². The number of pyridine rings is 1. The molecule has 0 aliphatic rings. The molecule has 0 atom stereocenters. The van der Waals surface area contributed by atoms with Gasteiger partial charge in [0.2, 0.25) is 0 Å². The van der Waals surface area contributed by atoms with Gasteiger partial charge in [0.05, 0.1) is 13.0 Å². The summed E-state index contributed by atoms with van der Waals surface area (Å²) >= 11 is 0. The molecule has 2 aromatic rings. The molecule has 5 nitrogen and oxygen atoms in total. The third-order valence-electron chi connectivity index (χ3n) is 3.15. The SMILES string of the molecule is CCOC(=O)CCC(=O)Cc1ccc2c(=O)[nH]ccc2c1. The number of benzene rings is 1. The minimum Gasteiger partial charge on any atom is -0.466 e. The van der Waals surface area contributed by atoms with Crippen LogP contribution < -0.4 is 5.56 Å². The predicted molar refractivity (Wildman–Crippen MR) is 79.1 cm³/mol. The fraction of sp³-hybridized carbons (Fsp3) is 0.312.